The Morgan fingerprint density at radius 1 is 1.53 bits per heavy atom. The van der Waals surface area contributed by atoms with Crippen molar-refractivity contribution < 1.29 is 19.7 Å². The molecule has 0 aliphatic carbocycles. The fraction of sp³-hybridized carbons (Fsp3) is 0.700. The number of ether oxygens (including phenoxy) is 1. The molecule has 0 aromatic rings. The fourth-order valence-electron chi connectivity index (χ4n) is 0.780. The molecule has 0 rings (SSSR count). The van der Waals surface area contributed by atoms with Crippen LogP contribution in [-0.4, -0.2) is 40.7 Å². The van der Waals surface area contributed by atoms with E-state index < -0.39 is 23.9 Å². The highest BCUT2D eigenvalue weighted by Gasteiger charge is 2.18. The van der Waals surface area contributed by atoms with Gasteiger partial charge in [0.05, 0.1) is 6.10 Å². The summed E-state index contributed by atoms with van der Waals surface area (Å²) < 4.78 is 4.93. The molecule has 0 saturated carbocycles. The number of carbonyl (C=O) groups excluding carboxylic acids is 1. The number of rotatable bonds is 4. The maximum absolute atomic E-state index is 11.1. The van der Waals surface area contributed by atoms with E-state index in [0.29, 0.717) is 0 Å². The predicted octanol–water partition coefficient (Wildman–Crippen LogP) is 0.419. The van der Waals surface area contributed by atoms with Gasteiger partial charge in [-0.15, -0.1) is 6.58 Å². The first-order valence-electron chi connectivity index (χ1n) is 4.72. The minimum Gasteiger partial charge on any atom is -0.444 e. The van der Waals surface area contributed by atoms with Crippen LogP contribution in [0.3, 0.4) is 0 Å². The Kier molecular flexibility index (Phi) is 5.32. The van der Waals surface area contributed by atoms with Gasteiger partial charge in [-0.3, -0.25) is 0 Å². The number of hydrogen-bond acceptors (Lipinski definition) is 4. The van der Waals surface area contributed by atoms with Gasteiger partial charge in [-0.2, -0.15) is 0 Å². The van der Waals surface area contributed by atoms with Crippen molar-refractivity contribution >= 4 is 6.09 Å². The van der Waals surface area contributed by atoms with Gasteiger partial charge in [0, 0.05) is 6.54 Å². The van der Waals surface area contributed by atoms with Crippen molar-refractivity contribution in [3.63, 3.8) is 0 Å². The van der Waals surface area contributed by atoms with Gasteiger partial charge in [-0.25, -0.2) is 4.79 Å². The van der Waals surface area contributed by atoms with Crippen molar-refractivity contribution in [3.05, 3.63) is 12.7 Å². The van der Waals surface area contributed by atoms with Crippen LogP contribution in [0.4, 0.5) is 4.79 Å². The van der Waals surface area contributed by atoms with Crippen LogP contribution in [-0.2, 0) is 4.74 Å². The van der Waals surface area contributed by atoms with E-state index in [4.69, 9.17) is 9.84 Å². The molecule has 3 N–H and O–H groups in total. The van der Waals surface area contributed by atoms with Crippen molar-refractivity contribution in [2.45, 2.75) is 38.6 Å². The number of carbonyl (C=O) groups is 1. The second-order valence-electron chi connectivity index (χ2n) is 4.18. The predicted molar refractivity (Wildman–Crippen MR) is 56.4 cm³/mol. The van der Waals surface area contributed by atoms with Crippen LogP contribution in [0.1, 0.15) is 20.8 Å². The lowest BCUT2D eigenvalue weighted by Crippen LogP contribution is -2.40. The summed E-state index contributed by atoms with van der Waals surface area (Å²) in [6, 6.07) is 0. The maximum Gasteiger partial charge on any atom is 0.407 e. The van der Waals surface area contributed by atoms with Gasteiger partial charge >= 0.3 is 6.09 Å². The zero-order chi connectivity index (χ0) is 12.1. The normalized spacial score (nSPS) is 15.3. The first-order chi connectivity index (χ1) is 6.76. The molecule has 2 unspecified atom stereocenters. The number of amides is 1. The number of hydrogen-bond donors (Lipinski definition) is 3. The molecular formula is C10H19NO4. The lowest BCUT2D eigenvalue weighted by atomic mass is 10.2. The molecule has 0 heterocycles. The van der Waals surface area contributed by atoms with E-state index in [0.717, 1.165) is 0 Å². The highest BCUT2D eigenvalue weighted by Crippen LogP contribution is 2.06. The zero-order valence-corrected chi connectivity index (χ0v) is 9.36. The first-order valence-corrected chi connectivity index (χ1v) is 4.72. The summed E-state index contributed by atoms with van der Waals surface area (Å²) in [5.41, 5.74) is -0.577. The van der Waals surface area contributed by atoms with Crippen LogP contribution < -0.4 is 5.32 Å². The number of aliphatic hydroxyl groups excluding tert-OH is 2. The smallest absolute Gasteiger partial charge is 0.407 e. The third kappa shape index (κ3) is 6.93. The molecule has 0 bridgehead atoms. The van der Waals surface area contributed by atoms with Crippen LogP contribution >= 0.6 is 0 Å². The second-order valence-corrected chi connectivity index (χ2v) is 4.18. The van der Waals surface area contributed by atoms with E-state index in [2.05, 4.69) is 11.9 Å². The summed E-state index contributed by atoms with van der Waals surface area (Å²) >= 11 is 0. The van der Waals surface area contributed by atoms with Crippen LogP contribution in [0.5, 0.6) is 0 Å². The van der Waals surface area contributed by atoms with Crippen LogP contribution in [0, 0.1) is 0 Å². The largest absolute Gasteiger partial charge is 0.444 e. The van der Waals surface area contributed by atoms with Gasteiger partial charge in [-0.1, -0.05) is 6.08 Å². The first kappa shape index (κ1) is 13.9. The van der Waals surface area contributed by atoms with Crippen molar-refractivity contribution in [2.24, 2.45) is 0 Å². The quantitative estimate of drug-likeness (QED) is 0.596. The summed E-state index contributed by atoms with van der Waals surface area (Å²) in [5.74, 6) is 0. The highest BCUT2D eigenvalue weighted by molar-refractivity contribution is 5.67. The molecule has 0 aliphatic heterocycles. The second kappa shape index (κ2) is 5.72. The molecule has 5 nitrogen and oxygen atoms in total. The summed E-state index contributed by atoms with van der Waals surface area (Å²) in [6.07, 6.45) is -1.56. The zero-order valence-electron chi connectivity index (χ0n) is 9.36. The molecule has 0 aliphatic rings. The number of alkyl carbamates (subject to hydrolysis) is 1. The Hall–Kier alpha value is -1.07. The number of nitrogens with one attached hydrogen (secondary N) is 1. The SMILES string of the molecule is C=CC(O)C(O)CNC(=O)OC(C)(C)C. The van der Waals surface area contributed by atoms with Crippen molar-refractivity contribution in [3.8, 4) is 0 Å². The van der Waals surface area contributed by atoms with E-state index in [1.165, 1.54) is 6.08 Å². The summed E-state index contributed by atoms with van der Waals surface area (Å²) in [7, 11) is 0. The molecule has 5 heteroatoms. The van der Waals surface area contributed by atoms with Crippen molar-refractivity contribution in [1.29, 1.82) is 0 Å². The van der Waals surface area contributed by atoms with Gasteiger partial charge in [0.1, 0.15) is 11.7 Å². The van der Waals surface area contributed by atoms with Gasteiger partial charge in [-0.05, 0) is 20.8 Å². The standard InChI is InChI=1S/C10H19NO4/c1-5-7(12)8(13)6-11-9(14)15-10(2,3)4/h5,7-8,12-13H,1,6H2,2-4H3,(H,11,14). The van der Waals surface area contributed by atoms with Crippen LogP contribution in [0.2, 0.25) is 0 Å². The molecule has 0 radical (unpaired) electrons. The molecule has 0 aromatic carbocycles. The van der Waals surface area contributed by atoms with Gasteiger partial charge in [0.15, 0.2) is 0 Å². The average molecular weight is 217 g/mol. The molecular weight excluding hydrogens is 198 g/mol. The third-order valence-corrected chi connectivity index (χ3v) is 1.49. The Balaban J connectivity index is 3.86. The van der Waals surface area contributed by atoms with E-state index in [1.54, 1.807) is 20.8 Å². The van der Waals surface area contributed by atoms with E-state index in [9.17, 15) is 9.90 Å². The van der Waals surface area contributed by atoms with E-state index >= 15 is 0 Å². The van der Waals surface area contributed by atoms with Gasteiger partial charge < -0.3 is 20.3 Å². The topological polar surface area (TPSA) is 78.8 Å². The van der Waals surface area contributed by atoms with Crippen molar-refractivity contribution in [2.75, 3.05) is 6.54 Å². The molecule has 0 fully saturated rings. The summed E-state index contributed by atoms with van der Waals surface area (Å²) in [4.78, 5) is 11.1. The highest BCUT2D eigenvalue weighted by atomic mass is 16.6. The molecule has 0 aromatic heterocycles. The fourth-order valence-corrected chi connectivity index (χ4v) is 0.780. The molecule has 0 spiro atoms. The maximum atomic E-state index is 11.1. The third-order valence-electron chi connectivity index (χ3n) is 1.49. The monoisotopic (exact) mass is 217 g/mol. The van der Waals surface area contributed by atoms with Crippen LogP contribution in [0.15, 0.2) is 12.7 Å². The Morgan fingerprint density at radius 3 is 2.47 bits per heavy atom. The Morgan fingerprint density at radius 2 is 2.07 bits per heavy atom. The van der Waals surface area contributed by atoms with E-state index in [1.807, 2.05) is 0 Å². The van der Waals surface area contributed by atoms with Crippen LogP contribution in [0.25, 0.3) is 0 Å². The number of aliphatic hydroxyl groups is 2. The lowest BCUT2D eigenvalue weighted by molar-refractivity contribution is 0.0330. The van der Waals surface area contributed by atoms with Crippen molar-refractivity contribution in [1.82, 2.24) is 5.32 Å². The molecule has 1 amide bonds. The lowest BCUT2D eigenvalue weighted by Gasteiger charge is -2.21. The summed E-state index contributed by atoms with van der Waals surface area (Å²) in [6.45, 7) is 8.45. The average Bonchev–Trinajstić information content (AvgIpc) is 2.10. The Bertz CT molecular complexity index is 222. The molecule has 15 heavy (non-hydrogen) atoms. The minimum atomic E-state index is -1.07. The van der Waals surface area contributed by atoms with Gasteiger partial charge in [0.2, 0.25) is 0 Å². The molecule has 0 saturated heterocycles. The molecule has 2 atom stereocenters. The summed E-state index contributed by atoms with van der Waals surface area (Å²) in [5, 5.41) is 20.7. The Labute approximate surface area is 89.7 Å². The van der Waals surface area contributed by atoms with Gasteiger partial charge in [0.25, 0.3) is 0 Å². The minimum absolute atomic E-state index is 0.0812. The molecule has 88 valence electrons. The van der Waals surface area contributed by atoms with E-state index in [-0.39, 0.29) is 6.54 Å².